The van der Waals surface area contributed by atoms with Crippen molar-refractivity contribution >= 4 is 19.7 Å². The van der Waals surface area contributed by atoms with Crippen LogP contribution in [0.5, 0.6) is 0 Å². The maximum atomic E-state index is 12.7. The Balaban J connectivity index is 2.23. The van der Waals surface area contributed by atoms with Crippen LogP contribution >= 0.6 is 0 Å². The number of hydrogen-bond acceptors (Lipinski definition) is 6. The van der Waals surface area contributed by atoms with Gasteiger partial charge in [0.2, 0.25) is 0 Å². The Bertz CT molecular complexity index is 906. The SMILES string of the molecule is Cc1ccnc2c1S(=O)(=O)CC2S(=O)(=O)c1cccnc1. The smallest absolute Gasteiger partial charge is 0.189 e. The van der Waals surface area contributed by atoms with Crippen LogP contribution in [0, 0.1) is 6.92 Å². The minimum atomic E-state index is -3.84. The summed E-state index contributed by atoms with van der Waals surface area (Å²) in [5.74, 6) is -0.475. The molecule has 1 atom stereocenters. The maximum absolute atomic E-state index is 12.7. The van der Waals surface area contributed by atoms with Crippen molar-refractivity contribution in [1.82, 2.24) is 9.97 Å². The third-order valence-corrected chi connectivity index (χ3v) is 7.63. The van der Waals surface area contributed by atoms with Crippen molar-refractivity contribution in [2.75, 3.05) is 5.75 Å². The molecule has 21 heavy (non-hydrogen) atoms. The fourth-order valence-corrected chi connectivity index (χ4v) is 6.88. The summed E-state index contributed by atoms with van der Waals surface area (Å²) in [5, 5.41) is -1.18. The highest BCUT2D eigenvalue weighted by Gasteiger charge is 2.45. The van der Waals surface area contributed by atoms with Gasteiger partial charge in [0.15, 0.2) is 19.7 Å². The number of pyridine rings is 2. The number of rotatable bonds is 2. The van der Waals surface area contributed by atoms with E-state index in [0.29, 0.717) is 5.56 Å². The predicted molar refractivity (Wildman–Crippen MR) is 75.2 cm³/mol. The first-order valence-electron chi connectivity index (χ1n) is 6.16. The second kappa shape index (κ2) is 4.60. The van der Waals surface area contributed by atoms with Gasteiger partial charge in [-0.3, -0.25) is 9.97 Å². The summed E-state index contributed by atoms with van der Waals surface area (Å²) < 4.78 is 49.8. The first-order chi connectivity index (χ1) is 9.84. The Morgan fingerprint density at radius 1 is 1.24 bits per heavy atom. The van der Waals surface area contributed by atoms with Crippen molar-refractivity contribution in [3.63, 3.8) is 0 Å². The zero-order chi connectivity index (χ0) is 15.3. The largest absolute Gasteiger partial charge is 0.263 e. The summed E-state index contributed by atoms with van der Waals surface area (Å²) in [7, 11) is -7.48. The Hall–Kier alpha value is -1.80. The molecule has 0 spiro atoms. The lowest BCUT2D eigenvalue weighted by Crippen LogP contribution is -2.16. The van der Waals surface area contributed by atoms with E-state index >= 15 is 0 Å². The van der Waals surface area contributed by atoms with Gasteiger partial charge in [-0.15, -0.1) is 0 Å². The molecule has 8 heteroatoms. The molecular formula is C13H12N2O4S2. The van der Waals surface area contributed by atoms with Crippen LogP contribution in [0.15, 0.2) is 46.6 Å². The number of aryl methyl sites for hydroxylation is 1. The average molecular weight is 324 g/mol. The van der Waals surface area contributed by atoms with E-state index in [0.717, 1.165) is 0 Å². The summed E-state index contributed by atoms with van der Waals surface area (Å²) in [6, 6.07) is 4.47. The van der Waals surface area contributed by atoms with Gasteiger partial charge in [0, 0.05) is 18.6 Å². The summed E-state index contributed by atoms with van der Waals surface area (Å²) in [4.78, 5) is 7.84. The number of aromatic nitrogens is 2. The van der Waals surface area contributed by atoms with Gasteiger partial charge < -0.3 is 0 Å². The van der Waals surface area contributed by atoms with Gasteiger partial charge in [-0.2, -0.15) is 0 Å². The topological polar surface area (TPSA) is 94.1 Å². The molecule has 1 aliphatic rings. The molecule has 0 aliphatic carbocycles. The lowest BCUT2D eigenvalue weighted by Gasteiger charge is -2.10. The Morgan fingerprint density at radius 2 is 2.00 bits per heavy atom. The molecule has 0 N–H and O–H groups in total. The van der Waals surface area contributed by atoms with Gasteiger partial charge in [0.1, 0.15) is 5.25 Å². The van der Waals surface area contributed by atoms with E-state index in [4.69, 9.17) is 0 Å². The van der Waals surface area contributed by atoms with Gasteiger partial charge in [-0.05, 0) is 30.7 Å². The fourth-order valence-electron chi connectivity index (χ4n) is 2.48. The maximum Gasteiger partial charge on any atom is 0.189 e. The van der Waals surface area contributed by atoms with Crippen molar-refractivity contribution in [3.05, 3.63) is 48.0 Å². The summed E-state index contributed by atoms with van der Waals surface area (Å²) in [6.45, 7) is 1.64. The van der Waals surface area contributed by atoms with E-state index in [1.807, 2.05) is 0 Å². The molecule has 0 saturated heterocycles. The molecule has 0 bridgehead atoms. The predicted octanol–water partition coefficient (Wildman–Crippen LogP) is 1.09. The molecule has 1 aliphatic heterocycles. The van der Waals surface area contributed by atoms with Crippen LogP contribution in [-0.4, -0.2) is 32.6 Å². The van der Waals surface area contributed by atoms with Crippen LogP contribution in [0.1, 0.15) is 16.5 Å². The highest BCUT2D eigenvalue weighted by Crippen LogP contribution is 2.40. The second-order valence-electron chi connectivity index (χ2n) is 4.85. The molecule has 2 aromatic rings. The molecule has 1 unspecified atom stereocenters. The lowest BCUT2D eigenvalue weighted by molar-refractivity contribution is 0.581. The molecule has 0 aromatic carbocycles. The lowest BCUT2D eigenvalue weighted by atomic mass is 10.2. The number of hydrogen-bond donors (Lipinski definition) is 0. The molecule has 0 amide bonds. The van der Waals surface area contributed by atoms with Gasteiger partial charge in [-0.25, -0.2) is 16.8 Å². The van der Waals surface area contributed by atoms with E-state index in [2.05, 4.69) is 9.97 Å². The normalized spacial score (nSPS) is 20.1. The van der Waals surface area contributed by atoms with Crippen LogP contribution in [0.4, 0.5) is 0 Å². The van der Waals surface area contributed by atoms with E-state index in [1.54, 1.807) is 13.0 Å². The van der Waals surface area contributed by atoms with Crippen LogP contribution in [-0.2, 0) is 19.7 Å². The zero-order valence-electron chi connectivity index (χ0n) is 11.1. The quantitative estimate of drug-likeness (QED) is 0.820. The molecule has 3 heterocycles. The number of sulfone groups is 2. The molecule has 6 nitrogen and oxygen atoms in total. The molecule has 3 rings (SSSR count). The van der Waals surface area contributed by atoms with Crippen molar-refractivity contribution in [2.45, 2.75) is 22.0 Å². The molecule has 0 radical (unpaired) electrons. The van der Waals surface area contributed by atoms with Gasteiger partial charge >= 0.3 is 0 Å². The van der Waals surface area contributed by atoms with E-state index in [9.17, 15) is 16.8 Å². The molecule has 2 aromatic heterocycles. The van der Waals surface area contributed by atoms with Crippen molar-refractivity contribution in [1.29, 1.82) is 0 Å². The van der Waals surface area contributed by atoms with Gasteiger partial charge in [0.25, 0.3) is 0 Å². The minimum absolute atomic E-state index is 0.00126. The highest BCUT2D eigenvalue weighted by atomic mass is 32.2. The number of fused-ring (bicyclic) bond motifs is 1. The summed E-state index contributed by atoms with van der Waals surface area (Å²) >= 11 is 0. The monoisotopic (exact) mass is 324 g/mol. The van der Waals surface area contributed by atoms with Crippen LogP contribution in [0.2, 0.25) is 0 Å². The average Bonchev–Trinajstić information content (AvgIpc) is 2.73. The van der Waals surface area contributed by atoms with Crippen molar-refractivity contribution in [3.8, 4) is 0 Å². The fraction of sp³-hybridized carbons (Fsp3) is 0.231. The van der Waals surface area contributed by atoms with E-state index in [1.165, 1.54) is 30.7 Å². The number of nitrogens with zero attached hydrogens (tertiary/aromatic N) is 2. The van der Waals surface area contributed by atoms with Crippen molar-refractivity contribution < 1.29 is 16.8 Å². The van der Waals surface area contributed by atoms with Gasteiger partial charge in [0.05, 0.1) is 21.2 Å². The summed E-state index contributed by atoms with van der Waals surface area (Å²) in [5.41, 5.74) is 0.628. The standard InChI is InChI=1S/C13H12N2O4S2/c1-9-4-6-15-12-11(8-20(16,17)13(9)12)21(18,19)10-3-2-5-14-7-10/h2-7,11H,8H2,1H3. The molecule has 0 saturated carbocycles. The first kappa shape index (κ1) is 14.2. The molecule has 0 fully saturated rings. The molecular weight excluding hydrogens is 312 g/mol. The highest BCUT2D eigenvalue weighted by molar-refractivity contribution is 7.96. The Labute approximate surface area is 122 Å². The minimum Gasteiger partial charge on any atom is -0.263 e. The third kappa shape index (κ3) is 2.14. The zero-order valence-corrected chi connectivity index (χ0v) is 12.7. The molecule has 110 valence electrons. The van der Waals surface area contributed by atoms with Crippen molar-refractivity contribution in [2.24, 2.45) is 0 Å². The van der Waals surface area contributed by atoms with E-state index < -0.39 is 30.7 Å². The van der Waals surface area contributed by atoms with Crippen LogP contribution in [0.25, 0.3) is 0 Å². The third-order valence-electron chi connectivity index (χ3n) is 3.45. The van der Waals surface area contributed by atoms with Gasteiger partial charge in [-0.1, -0.05) is 0 Å². The summed E-state index contributed by atoms with van der Waals surface area (Å²) in [6.07, 6.45) is 4.11. The first-order valence-corrected chi connectivity index (χ1v) is 9.36. The van der Waals surface area contributed by atoms with Crippen LogP contribution < -0.4 is 0 Å². The Morgan fingerprint density at radius 3 is 2.67 bits per heavy atom. The van der Waals surface area contributed by atoms with E-state index in [-0.39, 0.29) is 15.5 Å². The van der Waals surface area contributed by atoms with Crippen LogP contribution in [0.3, 0.4) is 0 Å². The second-order valence-corrected chi connectivity index (χ2v) is 8.95. The Kier molecular flexibility index (Phi) is 3.10.